The van der Waals surface area contributed by atoms with Crippen molar-refractivity contribution in [2.24, 2.45) is 0 Å². The molecule has 32 heavy (non-hydrogen) atoms. The van der Waals surface area contributed by atoms with Gasteiger partial charge in [0.2, 0.25) is 11.7 Å². The van der Waals surface area contributed by atoms with E-state index in [2.05, 4.69) is 10.1 Å². The average Bonchev–Trinajstić information content (AvgIpc) is 3.47. The molecule has 0 N–H and O–H groups in total. The lowest BCUT2D eigenvalue weighted by atomic mass is 10.1. The first kappa shape index (κ1) is 20.0. The Labute approximate surface area is 186 Å². The van der Waals surface area contributed by atoms with Gasteiger partial charge in [-0.2, -0.15) is 4.98 Å². The van der Waals surface area contributed by atoms with Gasteiger partial charge < -0.3 is 9.26 Å². The Hall–Kier alpha value is -3.98. The highest BCUT2D eigenvalue weighted by molar-refractivity contribution is 7.17. The number of hydrogen-bond acceptors (Lipinski definition) is 7. The molecule has 2 aromatic carbocycles. The Morgan fingerprint density at radius 2 is 1.94 bits per heavy atom. The number of hydrogen-bond donors (Lipinski definition) is 0. The van der Waals surface area contributed by atoms with E-state index in [0.29, 0.717) is 27.5 Å². The molecule has 0 radical (unpaired) electrons. The van der Waals surface area contributed by atoms with Gasteiger partial charge in [-0.1, -0.05) is 35.0 Å². The maximum Gasteiger partial charge on any atom is 0.336 e. The Morgan fingerprint density at radius 1 is 1.09 bits per heavy atom. The van der Waals surface area contributed by atoms with Gasteiger partial charge in [0.05, 0.1) is 18.3 Å². The molecule has 0 spiro atoms. The topological polar surface area (TPSA) is 92.2 Å². The first-order valence-corrected chi connectivity index (χ1v) is 10.7. The minimum atomic E-state index is -0.496. The fourth-order valence-corrected chi connectivity index (χ4v) is 4.40. The molecule has 0 aliphatic heterocycles. The van der Waals surface area contributed by atoms with E-state index in [1.54, 1.807) is 35.7 Å². The van der Waals surface area contributed by atoms with Crippen molar-refractivity contribution >= 4 is 21.6 Å². The number of fused-ring (bicyclic) bond motifs is 1. The van der Waals surface area contributed by atoms with E-state index in [9.17, 15) is 9.59 Å². The average molecular weight is 446 g/mol. The van der Waals surface area contributed by atoms with Crippen LogP contribution in [-0.4, -0.2) is 26.4 Å². The summed E-state index contributed by atoms with van der Waals surface area (Å²) in [5.41, 5.74) is 1.98. The van der Waals surface area contributed by atoms with E-state index in [0.717, 1.165) is 15.7 Å². The zero-order valence-corrected chi connectivity index (χ0v) is 18.1. The van der Waals surface area contributed by atoms with Gasteiger partial charge in [0, 0.05) is 11.6 Å². The number of benzene rings is 2. The molecular weight excluding hydrogens is 428 g/mol. The number of methoxy groups -OCH3 is 1. The van der Waals surface area contributed by atoms with Gasteiger partial charge in [-0.15, -0.1) is 11.3 Å². The third kappa shape index (κ3) is 3.42. The van der Waals surface area contributed by atoms with Crippen molar-refractivity contribution in [3.8, 4) is 22.8 Å². The van der Waals surface area contributed by atoms with Crippen molar-refractivity contribution in [2.45, 2.75) is 13.5 Å². The van der Waals surface area contributed by atoms with Crippen LogP contribution in [0, 0.1) is 6.92 Å². The largest absolute Gasteiger partial charge is 0.497 e. The summed E-state index contributed by atoms with van der Waals surface area (Å²) in [6.45, 7) is 2.02. The normalized spacial score (nSPS) is 11.2. The smallest absolute Gasteiger partial charge is 0.336 e. The second-order valence-electron chi connectivity index (χ2n) is 7.23. The maximum atomic E-state index is 13.4. The molecule has 0 saturated carbocycles. The van der Waals surface area contributed by atoms with E-state index in [1.807, 2.05) is 31.2 Å². The lowest BCUT2D eigenvalue weighted by Gasteiger charge is -2.11. The molecule has 0 aliphatic carbocycles. The van der Waals surface area contributed by atoms with Gasteiger partial charge >= 0.3 is 5.69 Å². The van der Waals surface area contributed by atoms with Gasteiger partial charge in [-0.3, -0.25) is 9.36 Å². The van der Waals surface area contributed by atoms with Crippen LogP contribution in [-0.2, 0) is 6.54 Å². The van der Waals surface area contributed by atoms with Crippen molar-refractivity contribution in [3.63, 3.8) is 0 Å². The molecule has 0 bridgehead atoms. The summed E-state index contributed by atoms with van der Waals surface area (Å²) >= 11 is 1.28. The van der Waals surface area contributed by atoms with Crippen LogP contribution < -0.4 is 16.0 Å². The van der Waals surface area contributed by atoms with E-state index in [4.69, 9.17) is 9.26 Å². The summed E-state index contributed by atoms with van der Waals surface area (Å²) in [7, 11) is 1.53. The van der Waals surface area contributed by atoms with Crippen molar-refractivity contribution < 1.29 is 9.26 Å². The van der Waals surface area contributed by atoms with Crippen LogP contribution in [0.5, 0.6) is 5.75 Å². The molecule has 0 unspecified atom stereocenters. The van der Waals surface area contributed by atoms with Gasteiger partial charge in [-0.05, 0) is 36.6 Å². The molecule has 0 atom stereocenters. The summed E-state index contributed by atoms with van der Waals surface area (Å²) in [6, 6.07) is 16.3. The molecular formula is C23H18N4O4S. The molecule has 9 heteroatoms. The fourth-order valence-electron chi connectivity index (χ4n) is 3.57. The van der Waals surface area contributed by atoms with Crippen molar-refractivity contribution in [1.82, 2.24) is 19.3 Å². The molecule has 0 amide bonds. The van der Waals surface area contributed by atoms with Crippen LogP contribution in [0.3, 0.4) is 0 Å². The lowest BCUT2D eigenvalue weighted by Crippen LogP contribution is -2.38. The highest BCUT2D eigenvalue weighted by Gasteiger charge is 2.18. The van der Waals surface area contributed by atoms with Crippen LogP contribution in [0.1, 0.15) is 11.5 Å². The van der Waals surface area contributed by atoms with Crippen LogP contribution in [0.25, 0.3) is 27.3 Å². The second kappa shape index (κ2) is 7.93. The minimum Gasteiger partial charge on any atom is -0.497 e. The van der Waals surface area contributed by atoms with Crippen molar-refractivity contribution in [1.29, 1.82) is 0 Å². The molecule has 0 fully saturated rings. The van der Waals surface area contributed by atoms with Crippen molar-refractivity contribution in [3.05, 3.63) is 92.3 Å². The van der Waals surface area contributed by atoms with Crippen LogP contribution in [0.4, 0.5) is 0 Å². The van der Waals surface area contributed by atoms with E-state index < -0.39 is 5.69 Å². The molecule has 0 aliphatic rings. The predicted octanol–water partition coefficient (Wildman–Crippen LogP) is 3.63. The lowest BCUT2D eigenvalue weighted by molar-refractivity contribution is 0.370. The Kier molecular flexibility index (Phi) is 4.95. The van der Waals surface area contributed by atoms with E-state index >= 15 is 0 Å². The standard InChI is InChI=1S/C23H18N4O4S/c1-14-5-3-6-15(11-14)21-24-19(31-25-21)13-26-18-9-10-32-20(18)22(28)27(23(26)29)16-7-4-8-17(12-16)30-2/h3-12H,13H2,1-2H3. The molecule has 5 rings (SSSR count). The predicted molar refractivity (Wildman–Crippen MR) is 122 cm³/mol. The monoisotopic (exact) mass is 446 g/mol. The van der Waals surface area contributed by atoms with Crippen LogP contribution >= 0.6 is 11.3 Å². The number of aryl methyl sites for hydroxylation is 1. The van der Waals surface area contributed by atoms with Gasteiger partial charge in [-0.25, -0.2) is 9.36 Å². The third-order valence-corrected chi connectivity index (χ3v) is 6.00. The summed E-state index contributed by atoms with van der Waals surface area (Å²) in [4.78, 5) is 31.0. The number of thiophene rings is 1. The SMILES string of the molecule is COc1cccc(-n2c(=O)c3sccc3n(Cc3nc(-c4cccc(C)c4)no3)c2=O)c1. The zero-order valence-electron chi connectivity index (χ0n) is 17.3. The fraction of sp³-hybridized carbons (Fsp3) is 0.130. The Morgan fingerprint density at radius 3 is 2.75 bits per heavy atom. The number of rotatable bonds is 5. The summed E-state index contributed by atoms with van der Waals surface area (Å²) in [5, 5.41) is 5.84. The maximum absolute atomic E-state index is 13.4. The number of ether oxygens (including phenoxy) is 1. The van der Waals surface area contributed by atoms with Crippen molar-refractivity contribution in [2.75, 3.05) is 7.11 Å². The molecule has 3 aromatic heterocycles. The number of aromatic nitrogens is 4. The number of nitrogens with zero attached hydrogens (tertiary/aromatic N) is 4. The highest BCUT2D eigenvalue weighted by atomic mass is 32.1. The van der Waals surface area contributed by atoms with E-state index in [1.165, 1.54) is 23.0 Å². The molecule has 5 aromatic rings. The third-order valence-electron chi connectivity index (χ3n) is 5.10. The quantitative estimate of drug-likeness (QED) is 0.409. The van der Waals surface area contributed by atoms with Gasteiger partial charge in [0.25, 0.3) is 5.56 Å². The Balaban J connectivity index is 1.63. The van der Waals surface area contributed by atoms with Crippen LogP contribution in [0.15, 0.2) is 74.1 Å². The molecule has 3 heterocycles. The van der Waals surface area contributed by atoms with Crippen LogP contribution in [0.2, 0.25) is 0 Å². The molecule has 8 nitrogen and oxygen atoms in total. The first-order chi connectivity index (χ1) is 15.5. The summed E-state index contributed by atoms with van der Waals surface area (Å²) < 4.78 is 13.8. The summed E-state index contributed by atoms with van der Waals surface area (Å²) in [5.74, 6) is 1.26. The second-order valence-corrected chi connectivity index (χ2v) is 8.14. The minimum absolute atomic E-state index is 0.0368. The highest BCUT2D eigenvalue weighted by Crippen LogP contribution is 2.21. The molecule has 0 saturated heterocycles. The van der Waals surface area contributed by atoms with Gasteiger partial charge in [0.15, 0.2) is 0 Å². The first-order valence-electron chi connectivity index (χ1n) is 9.82. The van der Waals surface area contributed by atoms with E-state index in [-0.39, 0.29) is 18.0 Å². The molecule has 160 valence electrons. The van der Waals surface area contributed by atoms with Gasteiger partial charge in [0.1, 0.15) is 17.0 Å². The Bertz CT molecular complexity index is 1560. The summed E-state index contributed by atoms with van der Waals surface area (Å²) in [6.07, 6.45) is 0. The zero-order chi connectivity index (χ0) is 22.2.